The number of halogens is 1. The SMILES string of the molecule is CSc1ncc2ccc3c(C(N)=O)cn(CC(C)(C)CN)c3c2n1.Cl. The average Bonchev–Trinajstić information content (AvgIpc) is 2.93. The summed E-state index contributed by atoms with van der Waals surface area (Å²) < 4.78 is 2.04. The molecule has 3 aromatic rings. The van der Waals surface area contributed by atoms with Crippen LogP contribution in [0.15, 0.2) is 29.7 Å². The van der Waals surface area contributed by atoms with Gasteiger partial charge in [-0.3, -0.25) is 4.79 Å². The van der Waals surface area contributed by atoms with Crippen LogP contribution in [0.2, 0.25) is 0 Å². The normalized spacial score (nSPS) is 11.7. The minimum absolute atomic E-state index is 0. The molecule has 3 rings (SSSR count). The Morgan fingerprint density at radius 1 is 1.36 bits per heavy atom. The number of primary amides is 1. The number of carbonyl (C=O) groups excluding carboxylic acids is 1. The van der Waals surface area contributed by atoms with E-state index in [0.29, 0.717) is 23.8 Å². The van der Waals surface area contributed by atoms with Gasteiger partial charge in [-0.2, -0.15) is 0 Å². The molecule has 134 valence electrons. The molecule has 0 atom stereocenters. The third-order valence-corrected chi connectivity index (χ3v) is 4.73. The van der Waals surface area contributed by atoms with Crippen LogP contribution in [0.5, 0.6) is 0 Å². The van der Waals surface area contributed by atoms with Crippen molar-refractivity contribution in [3.05, 3.63) is 30.1 Å². The van der Waals surface area contributed by atoms with Crippen LogP contribution in [-0.4, -0.2) is 33.2 Å². The summed E-state index contributed by atoms with van der Waals surface area (Å²) in [6, 6.07) is 3.83. The maximum absolute atomic E-state index is 11.9. The molecule has 6 nitrogen and oxygen atoms in total. The molecule has 0 unspecified atom stereocenters. The highest BCUT2D eigenvalue weighted by molar-refractivity contribution is 7.98. The van der Waals surface area contributed by atoms with Crippen LogP contribution in [0, 0.1) is 5.41 Å². The van der Waals surface area contributed by atoms with Crippen molar-refractivity contribution < 1.29 is 4.79 Å². The molecule has 0 aliphatic heterocycles. The van der Waals surface area contributed by atoms with Gasteiger partial charge in [0, 0.05) is 29.7 Å². The van der Waals surface area contributed by atoms with Gasteiger partial charge in [-0.05, 0) is 18.2 Å². The Labute approximate surface area is 156 Å². The van der Waals surface area contributed by atoms with Crippen LogP contribution >= 0.6 is 24.2 Å². The molecule has 8 heteroatoms. The quantitative estimate of drug-likeness (QED) is 0.524. The van der Waals surface area contributed by atoms with Gasteiger partial charge in [0.2, 0.25) is 0 Å². The molecule has 0 saturated heterocycles. The Balaban J connectivity index is 0.00000225. The zero-order valence-corrected chi connectivity index (χ0v) is 16.1. The Hall–Kier alpha value is -1.83. The zero-order valence-electron chi connectivity index (χ0n) is 14.4. The lowest BCUT2D eigenvalue weighted by Gasteiger charge is -2.23. The van der Waals surface area contributed by atoms with Crippen LogP contribution < -0.4 is 11.5 Å². The molecule has 0 fully saturated rings. The summed E-state index contributed by atoms with van der Waals surface area (Å²) in [5.41, 5.74) is 13.6. The molecule has 1 aromatic carbocycles. The van der Waals surface area contributed by atoms with Gasteiger partial charge in [0.25, 0.3) is 5.91 Å². The summed E-state index contributed by atoms with van der Waals surface area (Å²) in [6.07, 6.45) is 5.56. The van der Waals surface area contributed by atoms with E-state index in [1.54, 1.807) is 0 Å². The highest BCUT2D eigenvalue weighted by Gasteiger charge is 2.22. The van der Waals surface area contributed by atoms with Gasteiger partial charge < -0.3 is 16.0 Å². The maximum atomic E-state index is 11.9. The lowest BCUT2D eigenvalue weighted by atomic mass is 9.94. The van der Waals surface area contributed by atoms with E-state index in [2.05, 4.69) is 23.8 Å². The lowest BCUT2D eigenvalue weighted by molar-refractivity contribution is 0.100. The summed E-state index contributed by atoms with van der Waals surface area (Å²) in [4.78, 5) is 20.9. The van der Waals surface area contributed by atoms with Gasteiger partial charge in [0.15, 0.2) is 5.16 Å². The first-order valence-corrected chi connectivity index (χ1v) is 8.91. The van der Waals surface area contributed by atoms with E-state index in [1.807, 2.05) is 35.3 Å². The fourth-order valence-electron chi connectivity index (χ4n) is 2.81. The van der Waals surface area contributed by atoms with Crippen molar-refractivity contribution in [2.24, 2.45) is 16.9 Å². The van der Waals surface area contributed by atoms with Crippen molar-refractivity contribution in [3.63, 3.8) is 0 Å². The number of rotatable bonds is 5. The second-order valence-electron chi connectivity index (χ2n) is 6.66. The molecule has 4 N–H and O–H groups in total. The van der Waals surface area contributed by atoms with Crippen LogP contribution in [0.1, 0.15) is 24.2 Å². The molecular formula is C17H22ClN5OS. The number of benzene rings is 1. The van der Waals surface area contributed by atoms with E-state index in [9.17, 15) is 4.79 Å². The number of nitrogens with two attached hydrogens (primary N) is 2. The molecule has 0 radical (unpaired) electrons. The van der Waals surface area contributed by atoms with E-state index in [0.717, 1.165) is 21.8 Å². The number of hydrogen-bond donors (Lipinski definition) is 2. The number of amides is 1. The molecular weight excluding hydrogens is 358 g/mol. The molecule has 0 aliphatic rings. The van der Waals surface area contributed by atoms with Crippen LogP contribution in [-0.2, 0) is 6.54 Å². The predicted octanol–water partition coefficient (Wildman–Crippen LogP) is 2.81. The number of carbonyl (C=O) groups is 1. The highest BCUT2D eigenvalue weighted by atomic mass is 35.5. The van der Waals surface area contributed by atoms with Gasteiger partial charge >= 0.3 is 0 Å². The third-order valence-electron chi connectivity index (χ3n) is 4.17. The van der Waals surface area contributed by atoms with E-state index in [1.165, 1.54) is 11.8 Å². The second-order valence-corrected chi connectivity index (χ2v) is 7.43. The van der Waals surface area contributed by atoms with E-state index in [-0.39, 0.29) is 17.8 Å². The predicted molar refractivity (Wildman–Crippen MR) is 105 cm³/mol. The smallest absolute Gasteiger partial charge is 0.250 e. The van der Waals surface area contributed by atoms with Gasteiger partial charge in [0.05, 0.1) is 16.6 Å². The van der Waals surface area contributed by atoms with Gasteiger partial charge in [-0.15, -0.1) is 12.4 Å². The molecule has 2 heterocycles. The molecule has 0 bridgehead atoms. The van der Waals surface area contributed by atoms with Crippen molar-refractivity contribution in [1.82, 2.24) is 14.5 Å². The first kappa shape index (κ1) is 19.5. The number of aromatic nitrogens is 3. The van der Waals surface area contributed by atoms with Crippen molar-refractivity contribution in [1.29, 1.82) is 0 Å². The van der Waals surface area contributed by atoms with Crippen molar-refractivity contribution in [3.8, 4) is 0 Å². The first-order valence-electron chi connectivity index (χ1n) is 7.69. The molecule has 0 saturated carbocycles. The van der Waals surface area contributed by atoms with Crippen LogP contribution in [0.25, 0.3) is 21.8 Å². The Bertz CT molecular complexity index is 938. The molecule has 25 heavy (non-hydrogen) atoms. The monoisotopic (exact) mass is 379 g/mol. The van der Waals surface area contributed by atoms with Crippen molar-refractivity contribution >= 4 is 51.9 Å². The highest BCUT2D eigenvalue weighted by Crippen LogP contribution is 2.31. The fourth-order valence-corrected chi connectivity index (χ4v) is 3.15. The van der Waals surface area contributed by atoms with Gasteiger partial charge in [0.1, 0.15) is 0 Å². The van der Waals surface area contributed by atoms with Crippen LogP contribution in [0.3, 0.4) is 0 Å². The molecule has 1 amide bonds. The summed E-state index contributed by atoms with van der Waals surface area (Å²) in [6.45, 7) is 5.39. The fraction of sp³-hybridized carbons (Fsp3) is 0.353. The number of hydrogen-bond acceptors (Lipinski definition) is 5. The minimum atomic E-state index is -0.442. The molecule has 2 aromatic heterocycles. The van der Waals surface area contributed by atoms with E-state index < -0.39 is 5.91 Å². The second kappa shape index (κ2) is 7.19. The maximum Gasteiger partial charge on any atom is 0.250 e. The minimum Gasteiger partial charge on any atom is -0.366 e. The number of nitrogens with zero attached hydrogens (tertiary/aromatic N) is 3. The van der Waals surface area contributed by atoms with E-state index >= 15 is 0 Å². The van der Waals surface area contributed by atoms with Crippen molar-refractivity contribution in [2.45, 2.75) is 25.5 Å². The Kier molecular flexibility index (Phi) is 5.61. The standard InChI is InChI=1S/C17H21N5OS.ClH/c1-17(2,8-18)9-22-7-12(15(19)23)11-5-4-10-6-20-16(24-3)21-13(10)14(11)22;/h4-7H,8-9,18H2,1-3H3,(H2,19,23);1H. The van der Waals surface area contributed by atoms with Gasteiger partial charge in [-0.1, -0.05) is 37.7 Å². The van der Waals surface area contributed by atoms with E-state index in [4.69, 9.17) is 11.5 Å². The summed E-state index contributed by atoms with van der Waals surface area (Å²) in [7, 11) is 0. The third kappa shape index (κ3) is 3.58. The Morgan fingerprint density at radius 3 is 2.68 bits per heavy atom. The topological polar surface area (TPSA) is 99.8 Å². The number of fused-ring (bicyclic) bond motifs is 3. The zero-order chi connectivity index (χ0) is 17.5. The van der Waals surface area contributed by atoms with Crippen molar-refractivity contribution in [2.75, 3.05) is 12.8 Å². The summed E-state index contributed by atoms with van der Waals surface area (Å²) in [5, 5.41) is 2.44. The largest absolute Gasteiger partial charge is 0.366 e. The van der Waals surface area contributed by atoms with Gasteiger partial charge in [-0.25, -0.2) is 9.97 Å². The summed E-state index contributed by atoms with van der Waals surface area (Å²) in [5.74, 6) is -0.442. The lowest BCUT2D eigenvalue weighted by Crippen LogP contribution is -2.28. The molecule has 0 spiro atoms. The summed E-state index contributed by atoms with van der Waals surface area (Å²) >= 11 is 1.49. The molecule has 0 aliphatic carbocycles. The number of thioether (sulfide) groups is 1. The Morgan fingerprint density at radius 2 is 2.08 bits per heavy atom. The van der Waals surface area contributed by atoms with Crippen LogP contribution in [0.4, 0.5) is 0 Å². The first-order chi connectivity index (χ1) is 11.4. The average molecular weight is 380 g/mol.